The van der Waals surface area contributed by atoms with Crippen molar-refractivity contribution in [1.82, 2.24) is 0 Å². The first kappa shape index (κ1) is 67.6. The minimum absolute atomic E-state index is 0.0869. The first-order valence-electron chi connectivity index (χ1n) is 31.9. The molecule has 0 radical (unpaired) electrons. The highest BCUT2D eigenvalue weighted by atomic mass is 16.6. The fourth-order valence-corrected chi connectivity index (χ4v) is 17.3. The minimum Gasteiger partial charge on any atom is -0.455 e. The molecule has 8 aliphatic rings. The molecule has 6 aliphatic carbocycles. The molecule has 6 fully saturated rings. The average molecular weight is 1270 g/mol. The summed E-state index contributed by atoms with van der Waals surface area (Å²) < 4.78 is 49.1. The van der Waals surface area contributed by atoms with Crippen molar-refractivity contribution in [3.8, 4) is 0 Å². The molecule has 496 valence electrons. The third kappa shape index (κ3) is 10.8. The Balaban J connectivity index is 0.804. The van der Waals surface area contributed by atoms with Crippen LogP contribution < -0.4 is 0 Å². The van der Waals surface area contributed by atoms with Crippen molar-refractivity contribution in [3.05, 3.63) is 94.1 Å². The number of rotatable bonds is 18. The average Bonchev–Trinajstić information content (AvgIpc) is 0.678. The van der Waals surface area contributed by atoms with Crippen LogP contribution in [0.4, 0.5) is 0 Å². The molecule has 22 heteroatoms. The molecule has 2 aromatic rings. The van der Waals surface area contributed by atoms with Gasteiger partial charge in [0.05, 0.1) is 71.4 Å². The van der Waals surface area contributed by atoms with Crippen LogP contribution in [0.15, 0.2) is 83.0 Å². The van der Waals surface area contributed by atoms with E-state index in [1.165, 1.54) is 52.0 Å². The van der Waals surface area contributed by atoms with E-state index in [9.17, 15) is 59.4 Å². The van der Waals surface area contributed by atoms with Crippen LogP contribution in [0.1, 0.15) is 173 Å². The monoisotopic (exact) mass is 1270 g/mol. The Bertz CT molecular complexity index is 3070. The number of hydrogen-bond acceptors (Lipinski definition) is 22. The lowest BCUT2D eigenvalue weighted by molar-refractivity contribution is -0.346. The first-order valence-corrected chi connectivity index (χ1v) is 31.9. The number of fused-ring (bicyclic) bond motifs is 10. The van der Waals surface area contributed by atoms with Crippen LogP contribution in [0.5, 0.6) is 0 Å². The molecule has 22 nitrogen and oxygen atoms in total. The Labute approximate surface area is 529 Å². The number of hydrogen-bond donors (Lipinski definition) is 6. The molecule has 10 rings (SSSR count). The van der Waals surface area contributed by atoms with Gasteiger partial charge in [-0.2, -0.15) is 0 Å². The SMILES string of the molecule is CC(=O)O[C@@]12CO[C@@H]1C[C@H](O)[C@@]1(C)C(=O)[C@H](OC(=O)CCCCCCCCCC(=O)O[C@H]3C(=O)[C@@]4(C)[C@H]([C@H](OC(=O)c5ccccc5)[C@]5(O)C[C@H](O)C(C)=C3C5(C)C)[C@]3(OC(C)=O)CO[C@@H]3C[C@@H]4O)C3=C(C)[C@@H](O)C[C@@](O)([C@@H](OC(=O)c4ccccc4)[C@H]21)C3(C)C. The first-order chi connectivity index (χ1) is 42.7. The van der Waals surface area contributed by atoms with E-state index in [0.717, 1.165) is 0 Å². The van der Waals surface area contributed by atoms with E-state index in [-0.39, 0.29) is 72.3 Å². The normalized spacial score (nSPS) is 38.4. The zero-order valence-corrected chi connectivity index (χ0v) is 53.5. The van der Waals surface area contributed by atoms with Crippen LogP contribution in [0.2, 0.25) is 0 Å². The smallest absolute Gasteiger partial charge is 0.338 e. The summed E-state index contributed by atoms with van der Waals surface area (Å²) in [5.41, 5.74) is -14.2. The lowest BCUT2D eigenvalue weighted by Crippen LogP contribution is -2.81. The van der Waals surface area contributed by atoms with E-state index < -0.39 is 177 Å². The van der Waals surface area contributed by atoms with Gasteiger partial charge in [-0.3, -0.25) is 28.8 Å². The number of ether oxygens (including phenoxy) is 8. The molecular weight excluding hydrogens is 1180 g/mol. The Morgan fingerprint density at radius 3 is 1.14 bits per heavy atom. The number of carbonyl (C=O) groups is 8. The number of unbranched alkanes of at least 4 members (excludes halogenated alkanes) is 6. The zero-order valence-electron chi connectivity index (χ0n) is 53.5. The van der Waals surface area contributed by atoms with Crippen molar-refractivity contribution < 1.29 is 107 Å². The Hall–Kier alpha value is -6.24. The maximum atomic E-state index is 15.7. The van der Waals surface area contributed by atoms with Crippen molar-refractivity contribution >= 4 is 47.4 Å². The molecule has 4 bridgehead atoms. The van der Waals surface area contributed by atoms with Crippen LogP contribution in [-0.2, 0) is 66.7 Å². The van der Waals surface area contributed by atoms with Crippen molar-refractivity contribution in [1.29, 1.82) is 0 Å². The lowest BCUT2D eigenvalue weighted by Gasteiger charge is -2.67. The van der Waals surface area contributed by atoms with E-state index in [0.29, 0.717) is 44.9 Å². The minimum atomic E-state index is -2.24. The van der Waals surface area contributed by atoms with Crippen molar-refractivity contribution in [2.24, 2.45) is 33.5 Å². The number of carbonyl (C=O) groups excluding carboxylic acids is 8. The third-order valence-electron chi connectivity index (χ3n) is 22.6. The predicted molar refractivity (Wildman–Crippen MR) is 320 cm³/mol. The summed E-state index contributed by atoms with van der Waals surface area (Å²) in [4.78, 5) is 114. The summed E-state index contributed by atoms with van der Waals surface area (Å²) in [6, 6.07) is 15.9. The van der Waals surface area contributed by atoms with E-state index >= 15 is 9.59 Å². The second-order valence-corrected chi connectivity index (χ2v) is 28.3. The Kier molecular flexibility index (Phi) is 18.3. The molecule has 91 heavy (non-hydrogen) atoms. The third-order valence-corrected chi connectivity index (χ3v) is 22.6. The van der Waals surface area contributed by atoms with Gasteiger partial charge in [0.1, 0.15) is 35.6 Å². The quantitative estimate of drug-likeness (QED) is 0.0445. The summed E-state index contributed by atoms with van der Waals surface area (Å²) in [7, 11) is 0. The summed E-state index contributed by atoms with van der Waals surface area (Å²) >= 11 is 0. The molecule has 0 unspecified atom stereocenters. The standard InChI is InChI=1S/C69H88O22/c1-36-42(72)32-68(82)58(88-60(80)40-24-18-16-19-25-40)54-64(9,44(74)30-46-66(54,34-84-46)90-38(3)70)56(78)52(50(36)62(68,5)6)86-48(76)28-22-14-12-11-13-15-23-29-49(77)87-53-51-37(2)43(73)33-69(83,63(51,7)8)59(89-61(81)41-26-20-17-21-27-41)55-65(10,57(53)79)45(75)31-47-67(55,35-85-47)91-39(4)71/h16-21,24-27,42-47,52-55,58-59,72-75,82-83H,11-15,22-23,28-35H2,1-10H3/t42-,43-,44-,45-,46+,47+,52+,53+,54-,55-,58-,59-,64+,65+,66-,67-,68+,69+/m0/s1. The largest absolute Gasteiger partial charge is 0.455 e. The molecule has 2 heterocycles. The van der Waals surface area contributed by atoms with Gasteiger partial charge in [0.15, 0.2) is 35.0 Å². The molecule has 6 N–H and O–H groups in total. The number of aliphatic hydroxyl groups is 6. The fraction of sp³-hybridized carbons (Fsp3) is 0.652. The van der Waals surface area contributed by atoms with Crippen LogP contribution in [0, 0.1) is 33.5 Å². The summed E-state index contributed by atoms with van der Waals surface area (Å²) in [6.45, 7) is 14.3. The summed E-state index contributed by atoms with van der Waals surface area (Å²) in [5.74, 6) is -9.39. The number of ketones is 2. The number of aliphatic hydroxyl groups excluding tert-OH is 4. The van der Waals surface area contributed by atoms with Gasteiger partial charge in [-0.05, 0) is 87.1 Å². The molecule has 2 aliphatic heterocycles. The number of Topliss-reactive ketones (excluding diaryl/α,β-unsaturated/α-hetero) is 2. The fourth-order valence-electron chi connectivity index (χ4n) is 17.3. The van der Waals surface area contributed by atoms with Gasteiger partial charge in [-0.15, -0.1) is 0 Å². The van der Waals surface area contributed by atoms with Gasteiger partial charge in [-0.25, -0.2) is 9.59 Å². The van der Waals surface area contributed by atoms with Gasteiger partial charge in [0.2, 0.25) is 0 Å². The lowest BCUT2D eigenvalue weighted by atomic mass is 9.44. The second-order valence-electron chi connectivity index (χ2n) is 28.3. The molecule has 4 saturated carbocycles. The Morgan fingerprint density at radius 2 is 0.835 bits per heavy atom. The topological polar surface area (TPSA) is 332 Å². The van der Waals surface area contributed by atoms with Gasteiger partial charge in [0, 0.05) is 63.2 Å². The zero-order chi connectivity index (χ0) is 66.3. The molecule has 2 saturated heterocycles. The van der Waals surface area contributed by atoms with E-state index in [1.54, 1.807) is 77.9 Å². The second kappa shape index (κ2) is 24.6. The molecule has 0 spiro atoms. The van der Waals surface area contributed by atoms with Gasteiger partial charge in [-0.1, -0.05) is 96.2 Å². The summed E-state index contributed by atoms with van der Waals surface area (Å²) in [5, 5.41) is 74.8. The molecule has 2 aromatic carbocycles. The number of esters is 6. The maximum absolute atomic E-state index is 15.7. The van der Waals surface area contributed by atoms with Crippen LogP contribution in [0.25, 0.3) is 0 Å². The van der Waals surface area contributed by atoms with Gasteiger partial charge < -0.3 is 68.5 Å². The molecule has 18 atom stereocenters. The van der Waals surface area contributed by atoms with Crippen molar-refractivity contribution in [3.63, 3.8) is 0 Å². The predicted octanol–water partition coefficient (Wildman–Crippen LogP) is 5.79. The highest BCUT2D eigenvalue weighted by Crippen LogP contribution is 2.67. The molecule has 0 aromatic heterocycles. The van der Waals surface area contributed by atoms with Crippen LogP contribution >= 0.6 is 0 Å². The van der Waals surface area contributed by atoms with Crippen LogP contribution in [0.3, 0.4) is 0 Å². The highest BCUT2D eigenvalue weighted by molar-refractivity contribution is 5.97. The van der Waals surface area contributed by atoms with Crippen molar-refractivity contribution in [2.75, 3.05) is 13.2 Å². The van der Waals surface area contributed by atoms with Gasteiger partial charge in [0.25, 0.3) is 0 Å². The maximum Gasteiger partial charge on any atom is 0.338 e. The molecule has 0 amide bonds. The highest BCUT2D eigenvalue weighted by Gasteiger charge is 2.80. The van der Waals surface area contributed by atoms with E-state index in [2.05, 4.69) is 0 Å². The van der Waals surface area contributed by atoms with E-state index in [4.69, 9.17) is 37.9 Å². The van der Waals surface area contributed by atoms with Crippen LogP contribution in [-0.4, -0.2) is 175 Å². The number of benzene rings is 2. The summed E-state index contributed by atoms with van der Waals surface area (Å²) in [6.07, 6.45) is -12.6. The van der Waals surface area contributed by atoms with Crippen molar-refractivity contribution in [2.45, 2.75) is 236 Å². The Morgan fingerprint density at radius 1 is 0.505 bits per heavy atom. The van der Waals surface area contributed by atoms with Gasteiger partial charge >= 0.3 is 35.8 Å². The van der Waals surface area contributed by atoms with E-state index in [1.807, 2.05) is 0 Å². The molecular formula is C69H88O22.